The van der Waals surface area contributed by atoms with Crippen LogP contribution in [0.2, 0.25) is 0 Å². The molecule has 34 heavy (non-hydrogen) atoms. The first-order chi connectivity index (χ1) is 16.5. The van der Waals surface area contributed by atoms with Crippen LogP contribution >= 0.6 is 0 Å². The maximum Gasteiger partial charge on any atom is 0.263 e. The highest BCUT2D eigenvalue weighted by molar-refractivity contribution is 7.90. The number of rotatable bonds is 9. The predicted molar refractivity (Wildman–Crippen MR) is 135 cm³/mol. The van der Waals surface area contributed by atoms with Crippen molar-refractivity contribution < 1.29 is 13.2 Å². The van der Waals surface area contributed by atoms with Gasteiger partial charge in [0.2, 0.25) is 5.91 Å². The van der Waals surface area contributed by atoms with E-state index in [1.807, 2.05) is 29.2 Å². The van der Waals surface area contributed by atoms with Crippen LogP contribution in [-0.4, -0.2) is 69.2 Å². The zero-order valence-corrected chi connectivity index (χ0v) is 20.2. The summed E-state index contributed by atoms with van der Waals surface area (Å²) in [6, 6.07) is 17.2. The maximum atomic E-state index is 12.5. The van der Waals surface area contributed by atoms with Crippen LogP contribution < -0.4 is 4.72 Å². The van der Waals surface area contributed by atoms with Crippen LogP contribution in [0.4, 0.5) is 0 Å². The molecule has 0 bridgehead atoms. The number of unbranched alkanes of at least 4 members (excludes halogenated alkanes) is 2. The summed E-state index contributed by atoms with van der Waals surface area (Å²) in [6.45, 7) is 4.81. The molecular formula is C26H32N4O3S. The molecule has 1 amide bonds. The van der Waals surface area contributed by atoms with Gasteiger partial charge in [-0.3, -0.25) is 19.4 Å². The van der Waals surface area contributed by atoms with Crippen molar-refractivity contribution >= 4 is 27.8 Å². The van der Waals surface area contributed by atoms with Gasteiger partial charge in [0, 0.05) is 51.3 Å². The number of piperazine rings is 1. The molecule has 2 aliphatic rings. The van der Waals surface area contributed by atoms with Gasteiger partial charge in [0.1, 0.15) is 5.84 Å². The van der Waals surface area contributed by atoms with Gasteiger partial charge >= 0.3 is 0 Å². The fourth-order valence-electron chi connectivity index (χ4n) is 4.25. The average Bonchev–Trinajstić information content (AvgIpc) is 3.12. The third-order valence-electron chi connectivity index (χ3n) is 6.18. The van der Waals surface area contributed by atoms with E-state index in [4.69, 9.17) is 0 Å². The van der Waals surface area contributed by atoms with Gasteiger partial charge in [-0.15, -0.1) is 0 Å². The van der Waals surface area contributed by atoms with Crippen molar-refractivity contribution in [1.29, 1.82) is 0 Å². The Labute approximate surface area is 202 Å². The minimum Gasteiger partial charge on any atom is -0.340 e. The van der Waals surface area contributed by atoms with Crippen molar-refractivity contribution in [3.05, 3.63) is 71.8 Å². The predicted octanol–water partition coefficient (Wildman–Crippen LogP) is 3.14. The number of benzene rings is 2. The van der Waals surface area contributed by atoms with E-state index < -0.39 is 10.0 Å². The van der Waals surface area contributed by atoms with Crippen molar-refractivity contribution in [3.63, 3.8) is 0 Å². The number of amidine groups is 1. The summed E-state index contributed by atoms with van der Waals surface area (Å²) in [4.78, 5) is 21.6. The smallest absolute Gasteiger partial charge is 0.263 e. The zero-order chi connectivity index (χ0) is 23.8. The number of hydrogen-bond donors (Lipinski definition) is 1. The standard InChI is InChI=1S/C26H32N4O3S/c31-25(30-20-18-29(19-21-30)17-9-12-22-10-3-1-4-11-22)15-5-2-8-16-27-26-23-13-6-7-14-24(23)34(32,33)28-26/h1,3-4,6-7,9-14H,2,5,8,15-21H2,(H,27,28)/b12-9+. The van der Waals surface area contributed by atoms with E-state index in [9.17, 15) is 13.2 Å². The van der Waals surface area contributed by atoms with Gasteiger partial charge in [0.15, 0.2) is 0 Å². The van der Waals surface area contributed by atoms with Crippen molar-refractivity contribution in [1.82, 2.24) is 14.5 Å². The lowest BCUT2D eigenvalue weighted by Crippen LogP contribution is -2.48. The molecule has 0 radical (unpaired) electrons. The molecule has 8 heteroatoms. The number of hydrogen-bond acceptors (Lipinski definition) is 5. The van der Waals surface area contributed by atoms with Gasteiger partial charge in [-0.2, -0.15) is 0 Å². The summed E-state index contributed by atoms with van der Waals surface area (Å²) in [5.74, 6) is 0.645. The van der Waals surface area contributed by atoms with Crippen molar-refractivity contribution in [3.8, 4) is 0 Å². The number of nitrogens with one attached hydrogen (secondary N) is 1. The molecule has 2 aromatic carbocycles. The molecule has 180 valence electrons. The first-order valence-corrected chi connectivity index (χ1v) is 13.4. The summed E-state index contributed by atoms with van der Waals surface area (Å²) in [6.07, 6.45) is 7.42. The number of amides is 1. The third-order valence-corrected chi connectivity index (χ3v) is 7.58. The van der Waals surface area contributed by atoms with Gasteiger partial charge < -0.3 is 4.90 Å². The lowest BCUT2D eigenvalue weighted by Gasteiger charge is -2.34. The van der Waals surface area contributed by atoms with Crippen molar-refractivity contribution in [2.75, 3.05) is 39.3 Å². The highest BCUT2D eigenvalue weighted by Crippen LogP contribution is 2.22. The van der Waals surface area contributed by atoms with Crippen LogP contribution in [0.15, 0.2) is 70.6 Å². The Morgan fingerprint density at radius 3 is 2.47 bits per heavy atom. The van der Waals surface area contributed by atoms with Crippen LogP contribution in [0.3, 0.4) is 0 Å². The first kappa shape index (κ1) is 24.2. The number of fused-ring (bicyclic) bond motifs is 1. The Bertz CT molecular complexity index is 1140. The third kappa shape index (κ3) is 6.33. The molecular weight excluding hydrogens is 448 g/mol. The summed E-state index contributed by atoms with van der Waals surface area (Å²) < 4.78 is 26.8. The number of aliphatic imine (C=N–C) groups is 1. The lowest BCUT2D eigenvalue weighted by atomic mass is 10.1. The molecule has 0 aromatic heterocycles. The molecule has 7 nitrogen and oxygen atoms in total. The second-order valence-corrected chi connectivity index (χ2v) is 10.3. The monoisotopic (exact) mass is 480 g/mol. The summed E-state index contributed by atoms with van der Waals surface area (Å²) in [7, 11) is -3.49. The van der Waals surface area contributed by atoms with Gasteiger partial charge in [0.25, 0.3) is 10.0 Å². The lowest BCUT2D eigenvalue weighted by molar-refractivity contribution is -0.133. The van der Waals surface area contributed by atoms with Crippen molar-refractivity contribution in [2.24, 2.45) is 4.99 Å². The highest BCUT2D eigenvalue weighted by atomic mass is 32.2. The average molecular weight is 481 g/mol. The first-order valence-electron chi connectivity index (χ1n) is 11.9. The second-order valence-electron chi connectivity index (χ2n) is 8.64. The summed E-state index contributed by atoms with van der Waals surface area (Å²) in [5.41, 5.74) is 1.84. The SMILES string of the molecule is O=C(CCCCCN=C1NS(=O)(=O)c2ccccc21)N1CCN(C/C=C/c2ccccc2)CC1. The normalized spacial score (nSPS) is 18.8. The van der Waals surface area contributed by atoms with Crippen LogP contribution in [0.25, 0.3) is 6.08 Å². The second kappa shape index (κ2) is 11.4. The minimum absolute atomic E-state index is 0.225. The van der Waals surface area contributed by atoms with E-state index in [2.05, 4.69) is 38.9 Å². The number of carbonyl (C=O) groups excluding carboxylic acids is 1. The van der Waals surface area contributed by atoms with Crippen LogP contribution in [0.1, 0.15) is 36.8 Å². The minimum atomic E-state index is -3.49. The number of sulfonamides is 1. The molecule has 1 fully saturated rings. The van der Waals surface area contributed by atoms with E-state index in [1.165, 1.54) is 5.56 Å². The van der Waals surface area contributed by atoms with Gasteiger partial charge in [-0.1, -0.05) is 61.0 Å². The van der Waals surface area contributed by atoms with E-state index in [-0.39, 0.29) is 10.8 Å². The molecule has 2 heterocycles. The fraction of sp³-hybridized carbons (Fsp3) is 0.385. The Hall–Kier alpha value is -2.97. The van der Waals surface area contributed by atoms with E-state index >= 15 is 0 Å². The van der Waals surface area contributed by atoms with Gasteiger partial charge in [-0.05, 0) is 30.5 Å². The molecule has 2 aliphatic heterocycles. The highest BCUT2D eigenvalue weighted by Gasteiger charge is 2.29. The summed E-state index contributed by atoms with van der Waals surface area (Å²) in [5, 5.41) is 0. The van der Waals surface area contributed by atoms with Crippen LogP contribution in [0.5, 0.6) is 0 Å². The summed E-state index contributed by atoms with van der Waals surface area (Å²) >= 11 is 0. The topological polar surface area (TPSA) is 82.1 Å². The molecule has 0 saturated carbocycles. The Morgan fingerprint density at radius 2 is 1.68 bits per heavy atom. The van der Waals surface area contributed by atoms with Gasteiger partial charge in [0.05, 0.1) is 4.90 Å². The van der Waals surface area contributed by atoms with Crippen LogP contribution in [0, 0.1) is 0 Å². The molecule has 2 aromatic rings. The Kier molecular flexibility index (Phi) is 8.13. The quantitative estimate of drug-likeness (QED) is 0.559. The van der Waals surface area contributed by atoms with Crippen molar-refractivity contribution in [2.45, 2.75) is 30.6 Å². The largest absolute Gasteiger partial charge is 0.340 e. The van der Waals surface area contributed by atoms with Crippen LogP contribution in [-0.2, 0) is 14.8 Å². The molecule has 1 saturated heterocycles. The van der Waals surface area contributed by atoms with E-state index in [0.717, 1.165) is 52.0 Å². The van der Waals surface area contributed by atoms with Gasteiger partial charge in [-0.25, -0.2) is 8.42 Å². The zero-order valence-electron chi connectivity index (χ0n) is 19.4. The Morgan fingerprint density at radius 1 is 0.941 bits per heavy atom. The molecule has 0 spiro atoms. The number of nitrogens with zero attached hydrogens (tertiary/aromatic N) is 3. The molecule has 0 atom stereocenters. The molecule has 0 aliphatic carbocycles. The Balaban J connectivity index is 1.11. The molecule has 4 rings (SSSR count). The molecule has 1 N–H and O–H groups in total. The van der Waals surface area contributed by atoms with E-state index in [1.54, 1.807) is 18.2 Å². The van der Waals surface area contributed by atoms with E-state index in [0.29, 0.717) is 24.4 Å². The molecule has 0 unspecified atom stereocenters. The number of carbonyl (C=O) groups is 1. The fourth-order valence-corrected chi connectivity index (χ4v) is 5.50. The maximum absolute atomic E-state index is 12.5.